The van der Waals surface area contributed by atoms with Crippen LogP contribution in [0.1, 0.15) is 18.5 Å². The second-order valence-electron chi connectivity index (χ2n) is 5.22. The molecule has 1 atom stereocenters. The van der Waals surface area contributed by atoms with Crippen LogP contribution in [0.15, 0.2) is 24.3 Å². The zero-order valence-corrected chi connectivity index (χ0v) is 13.7. The lowest BCUT2D eigenvalue weighted by atomic mass is 10.1. The van der Waals surface area contributed by atoms with Crippen LogP contribution < -0.4 is 9.62 Å². The number of hydrogen-bond donors (Lipinski definition) is 1. The fourth-order valence-electron chi connectivity index (χ4n) is 1.90. The van der Waals surface area contributed by atoms with Gasteiger partial charge in [-0.1, -0.05) is 12.1 Å². The quantitative estimate of drug-likeness (QED) is 0.824. The van der Waals surface area contributed by atoms with Crippen molar-refractivity contribution >= 4 is 15.7 Å². The lowest BCUT2D eigenvalue weighted by Crippen LogP contribution is -2.35. The second kappa shape index (κ2) is 7.06. The maximum Gasteiger partial charge on any atom is 0.211 e. The summed E-state index contributed by atoms with van der Waals surface area (Å²) in [7, 11) is 4.72. The minimum absolute atomic E-state index is 0.0209. The molecule has 0 amide bonds. The Morgan fingerprint density at radius 1 is 1.10 bits per heavy atom. The number of likely N-dealkylation sites (N-methyl/N-ethyl adjacent to an activating group) is 1. The number of sulfonamides is 1. The van der Waals surface area contributed by atoms with E-state index in [1.807, 2.05) is 62.3 Å². The van der Waals surface area contributed by atoms with Crippen molar-refractivity contribution in [2.75, 3.05) is 45.4 Å². The minimum Gasteiger partial charge on any atom is -0.378 e. The first-order valence-corrected chi connectivity index (χ1v) is 8.33. The van der Waals surface area contributed by atoms with E-state index in [-0.39, 0.29) is 11.8 Å². The summed E-state index contributed by atoms with van der Waals surface area (Å²) in [5.41, 5.74) is 2.22. The molecule has 5 nitrogen and oxygen atoms in total. The van der Waals surface area contributed by atoms with Gasteiger partial charge >= 0.3 is 0 Å². The molecule has 1 aromatic rings. The minimum atomic E-state index is -3.16. The van der Waals surface area contributed by atoms with E-state index in [2.05, 4.69) is 4.72 Å². The van der Waals surface area contributed by atoms with Crippen LogP contribution in [0.4, 0.5) is 5.69 Å². The molecule has 1 aromatic carbocycles. The predicted octanol–water partition coefficient (Wildman–Crippen LogP) is 1.29. The van der Waals surface area contributed by atoms with Crippen molar-refractivity contribution in [3.63, 3.8) is 0 Å². The molecule has 0 unspecified atom stereocenters. The van der Waals surface area contributed by atoms with Crippen molar-refractivity contribution < 1.29 is 8.42 Å². The highest BCUT2D eigenvalue weighted by molar-refractivity contribution is 7.89. The average molecular weight is 299 g/mol. The Kier molecular flexibility index (Phi) is 5.98. The second-order valence-corrected chi connectivity index (χ2v) is 7.31. The monoisotopic (exact) mass is 299 g/mol. The standard InChI is InChI=1S/C14H25N3O2S/c1-6-20(18,19)15-11-14(17(4)5)12-7-9-13(10-8-12)16(2)3/h7-10,14-15H,6,11H2,1-5H3/t14-/m1/s1. The molecule has 0 radical (unpaired) electrons. The van der Waals surface area contributed by atoms with Gasteiger partial charge in [0.1, 0.15) is 0 Å². The van der Waals surface area contributed by atoms with E-state index in [0.29, 0.717) is 6.54 Å². The third kappa shape index (κ3) is 4.77. The smallest absolute Gasteiger partial charge is 0.211 e. The van der Waals surface area contributed by atoms with E-state index in [1.54, 1.807) is 6.92 Å². The highest BCUT2D eigenvalue weighted by Gasteiger charge is 2.17. The van der Waals surface area contributed by atoms with Crippen LogP contribution in [0.3, 0.4) is 0 Å². The molecule has 114 valence electrons. The number of rotatable bonds is 7. The van der Waals surface area contributed by atoms with Gasteiger partial charge in [0.05, 0.1) is 5.75 Å². The zero-order valence-electron chi connectivity index (χ0n) is 12.9. The molecule has 0 aromatic heterocycles. The van der Waals surface area contributed by atoms with Crippen LogP contribution in [0.5, 0.6) is 0 Å². The van der Waals surface area contributed by atoms with Crippen LogP contribution in [0.2, 0.25) is 0 Å². The van der Waals surface area contributed by atoms with Crippen molar-refractivity contribution in [2.45, 2.75) is 13.0 Å². The van der Waals surface area contributed by atoms with Gasteiger partial charge in [0.2, 0.25) is 10.0 Å². The summed E-state index contributed by atoms with van der Waals surface area (Å²) >= 11 is 0. The van der Waals surface area contributed by atoms with Crippen LogP contribution >= 0.6 is 0 Å². The van der Waals surface area contributed by atoms with Crippen LogP contribution in [-0.2, 0) is 10.0 Å². The molecule has 0 aliphatic rings. The third-order valence-electron chi connectivity index (χ3n) is 3.29. The first-order chi connectivity index (χ1) is 9.26. The van der Waals surface area contributed by atoms with Crippen molar-refractivity contribution in [3.8, 4) is 0 Å². The molecule has 6 heteroatoms. The molecular formula is C14H25N3O2S. The van der Waals surface area contributed by atoms with Crippen LogP contribution in [0.25, 0.3) is 0 Å². The summed E-state index contributed by atoms with van der Waals surface area (Å²) in [6.07, 6.45) is 0. The van der Waals surface area contributed by atoms with Crippen molar-refractivity contribution in [3.05, 3.63) is 29.8 Å². The van der Waals surface area contributed by atoms with Crippen LogP contribution in [-0.4, -0.2) is 53.8 Å². The lowest BCUT2D eigenvalue weighted by Gasteiger charge is -2.25. The SMILES string of the molecule is CCS(=O)(=O)NC[C@H](c1ccc(N(C)C)cc1)N(C)C. The van der Waals surface area contributed by atoms with Crippen LogP contribution in [0, 0.1) is 0 Å². The maximum atomic E-state index is 11.6. The average Bonchev–Trinajstić information content (AvgIpc) is 2.39. The van der Waals surface area contributed by atoms with Gasteiger partial charge < -0.3 is 9.80 Å². The molecule has 0 aliphatic heterocycles. The van der Waals surface area contributed by atoms with Gasteiger partial charge in [-0.25, -0.2) is 13.1 Å². The summed E-state index contributed by atoms with van der Waals surface area (Å²) in [5, 5.41) is 0. The van der Waals surface area contributed by atoms with Gasteiger partial charge in [-0.15, -0.1) is 0 Å². The van der Waals surface area contributed by atoms with E-state index in [1.165, 1.54) is 0 Å². The topological polar surface area (TPSA) is 52.7 Å². The summed E-state index contributed by atoms with van der Waals surface area (Å²) in [5.74, 6) is 0.104. The largest absolute Gasteiger partial charge is 0.378 e. The zero-order chi connectivity index (χ0) is 15.3. The van der Waals surface area contributed by atoms with Crippen molar-refractivity contribution in [1.29, 1.82) is 0 Å². The molecule has 0 saturated carbocycles. The van der Waals surface area contributed by atoms with Gasteiger partial charge in [-0.3, -0.25) is 0 Å². The van der Waals surface area contributed by atoms with Gasteiger partial charge in [-0.05, 0) is 38.7 Å². The van der Waals surface area contributed by atoms with Gasteiger partial charge in [-0.2, -0.15) is 0 Å². The van der Waals surface area contributed by atoms with Crippen molar-refractivity contribution in [1.82, 2.24) is 9.62 Å². The molecule has 0 spiro atoms. The Labute approximate surface area is 122 Å². The molecule has 20 heavy (non-hydrogen) atoms. The Morgan fingerprint density at radius 3 is 2.05 bits per heavy atom. The lowest BCUT2D eigenvalue weighted by molar-refractivity contribution is 0.299. The summed E-state index contributed by atoms with van der Waals surface area (Å²) in [6, 6.07) is 8.19. The molecule has 0 bridgehead atoms. The molecule has 0 heterocycles. The van der Waals surface area contributed by atoms with E-state index >= 15 is 0 Å². The molecular weight excluding hydrogens is 274 g/mol. The number of nitrogens with zero attached hydrogens (tertiary/aromatic N) is 2. The maximum absolute atomic E-state index is 11.6. The highest BCUT2D eigenvalue weighted by atomic mass is 32.2. The Bertz CT molecular complexity index is 510. The number of benzene rings is 1. The molecule has 1 N–H and O–H groups in total. The number of hydrogen-bond acceptors (Lipinski definition) is 4. The summed E-state index contributed by atoms with van der Waals surface area (Å²) in [6.45, 7) is 2.02. The third-order valence-corrected chi connectivity index (χ3v) is 4.66. The van der Waals surface area contributed by atoms with E-state index in [0.717, 1.165) is 11.3 Å². The Morgan fingerprint density at radius 2 is 1.65 bits per heavy atom. The summed E-state index contributed by atoms with van der Waals surface area (Å²) < 4.78 is 25.8. The first kappa shape index (κ1) is 16.9. The molecule has 0 saturated heterocycles. The van der Waals surface area contributed by atoms with Gasteiger partial charge in [0, 0.05) is 32.4 Å². The van der Waals surface area contributed by atoms with Gasteiger partial charge in [0.15, 0.2) is 0 Å². The highest BCUT2D eigenvalue weighted by Crippen LogP contribution is 2.21. The Hall–Kier alpha value is -1.11. The fourth-order valence-corrected chi connectivity index (χ4v) is 2.52. The van der Waals surface area contributed by atoms with E-state index in [9.17, 15) is 8.42 Å². The molecule has 0 aliphatic carbocycles. The summed E-state index contributed by atoms with van der Waals surface area (Å²) in [4.78, 5) is 4.05. The van der Waals surface area contributed by atoms with E-state index in [4.69, 9.17) is 0 Å². The molecule has 1 rings (SSSR count). The van der Waals surface area contributed by atoms with Crippen molar-refractivity contribution in [2.24, 2.45) is 0 Å². The number of nitrogens with one attached hydrogen (secondary N) is 1. The molecule has 0 fully saturated rings. The Balaban J connectivity index is 2.86. The fraction of sp³-hybridized carbons (Fsp3) is 0.571. The van der Waals surface area contributed by atoms with E-state index < -0.39 is 10.0 Å². The number of anilines is 1. The first-order valence-electron chi connectivity index (χ1n) is 6.68. The normalized spacial score (nSPS) is 13.5. The van der Waals surface area contributed by atoms with Gasteiger partial charge in [0.25, 0.3) is 0 Å². The predicted molar refractivity (Wildman–Crippen MR) is 84.7 cm³/mol.